The zero-order chi connectivity index (χ0) is 20.1. The summed E-state index contributed by atoms with van der Waals surface area (Å²) in [7, 11) is 2.15. The van der Waals surface area contributed by atoms with E-state index >= 15 is 0 Å². The standard InChI is InChI=1S/C22H29N3O3S/c1-25(18-7-10-27-11-8-18)9-12-28-19-4-2-3-16(13-19)14-23-21(26)20-15-24-22(29-20)17-5-6-17/h2-4,13,15,17-18H,5-12,14H2,1H3,(H,23,26). The minimum Gasteiger partial charge on any atom is -0.492 e. The molecule has 1 amide bonds. The second kappa shape index (κ2) is 9.69. The van der Waals surface area contributed by atoms with Crippen molar-refractivity contribution in [3.8, 4) is 5.75 Å². The SMILES string of the molecule is CN(CCOc1cccc(CNC(=O)c2cnc(C3CC3)s2)c1)C1CCOCC1. The smallest absolute Gasteiger partial charge is 0.263 e. The first-order chi connectivity index (χ1) is 14.2. The Labute approximate surface area is 176 Å². The molecular formula is C22H29N3O3S. The summed E-state index contributed by atoms with van der Waals surface area (Å²) in [5, 5.41) is 4.08. The predicted molar refractivity (Wildman–Crippen MR) is 114 cm³/mol. The van der Waals surface area contributed by atoms with Crippen molar-refractivity contribution in [3.05, 3.63) is 45.9 Å². The fourth-order valence-electron chi connectivity index (χ4n) is 3.54. The van der Waals surface area contributed by atoms with E-state index in [1.54, 1.807) is 6.20 Å². The summed E-state index contributed by atoms with van der Waals surface area (Å²) in [6, 6.07) is 8.52. The molecule has 156 valence electrons. The van der Waals surface area contributed by atoms with Crippen LogP contribution in [0.15, 0.2) is 30.5 Å². The van der Waals surface area contributed by atoms with Gasteiger partial charge in [0.2, 0.25) is 0 Å². The van der Waals surface area contributed by atoms with Gasteiger partial charge in [-0.2, -0.15) is 0 Å². The van der Waals surface area contributed by atoms with Crippen molar-refractivity contribution in [3.63, 3.8) is 0 Å². The highest BCUT2D eigenvalue weighted by molar-refractivity contribution is 7.13. The van der Waals surface area contributed by atoms with Crippen molar-refractivity contribution in [2.45, 2.75) is 44.2 Å². The van der Waals surface area contributed by atoms with Crippen LogP contribution in [0, 0.1) is 0 Å². The van der Waals surface area contributed by atoms with E-state index in [-0.39, 0.29) is 5.91 Å². The lowest BCUT2D eigenvalue weighted by atomic mass is 10.1. The summed E-state index contributed by atoms with van der Waals surface area (Å²) in [5.74, 6) is 1.37. The topological polar surface area (TPSA) is 63.7 Å². The van der Waals surface area contributed by atoms with E-state index in [4.69, 9.17) is 9.47 Å². The Bertz CT molecular complexity index is 815. The van der Waals surface area contributed by atoms with Crippen LogP contribution >= 0.6 is 11.3 Å². The van der Waals surface area contributed by atoms with Gasteiger partial charge >= 0.3 is 0 Å². The van der Waals surface area contributed by atoms with Gasteiger partial charge < -0.3 is 14.8 Å². The first-order valence-corrected chi connectivity index (χ1v) is 11.2. The highest BCUT2D eigenvalue weighted by Crippen LogP contribution is 2.41. The third-order valence-corrected chi connectivity index (χ3v) is 6.71. The first kappa shape index (κ1) is 20.3. The molecule has 1 saturated heterocycles. The summed E-state index contributed by atoms with van der Waals surface area (Å²) in [5.41, 5.74) is 1.03. The lowest BCUT2D eigenvalue weighted by molar-refractivity contribution is 0.0392. The Morgan fingerprint density at radius 1 is 1.31 bits per heavy atom. The maximum absolute atomic E-state index is 12.4. The molecule has 2 fully saturated rings. The fourth-order valence-corrected chi connectivity index (χ4v) is 4.55. The molecule has 1 aliphatic carbocycles. The number of ether oxygens (including phenoxy) is 2. The number of thiazole rings is 1. The summed E-state index contributed by atoms with van der Waals surface area (Å²) in [6.45, 7) is 3.73. The molecule has 1 aliphatic heterocycles. The van der Waals surface area contributed by atoms with E-state index in [2.05, 4.69) is 22.2 Å². The normalized spacial score (nSPS) is 17.4. The van der Waals surface area contributed by atoms with Gasteiger partial charge in [-0.3, -0.25) is 9.69 Å². The molecule has 1 saturated carbocycles. The maximum atomic E-state index is 12.4. The van der Waals surface area contributed by atoms with Gasteiger partial charge in [-0.1, -0.05) is 12.1 Å². The third-order valence-electron chi connectivity index (χ3n) is 5.55. The number of aromatic nitrogens is 1. The molecule has 0 radical (unpaired) electrons. The molecular weight excluding hydrogens is 386 g/mol. The largest absolute Gasteiger partial charge is 0.492 e. The van der Waals surface area contributed by atoms with Crippen LogP contribution in [0.3, 0.4) is 0 Å². The van der Waals surface area contributed by atoms with Gasteiger partial charge in [-0.25, -0.2) is 4.98 Å². The van der Waals surface area contributed by atoms with Crippen LogP contribution in [0.5, 0.6) is 5.75 Å². The summed E-state index contributed by atoms with van der Waals surface area (Å²) in [4.78, 5) is 19.8. The highest BCUT2D eigenvalue weighted by Gasteiger charge is 2.27. The molecule has 2 aliphatic rings. The van der Waals surface area contributed by atoms with Crippen LogP contribution < -0.4 is 10.1 Å². The van der Waals surface area contributed by atoms with Crippen LogP contribution in [0.4, 0.5) is 0 Å². The molecule has 0 atom stereocenters. The van der Waals surface area contributed by atoms with E-state index < -0.39 is 0 Å². The van der Waals surface area contributed by atoms with E-state index in [1.807, 2.05) is 24.3 Å². The van der Waals surface area contributed by atoms with Crippen molar-refractivity contribution >= 4 is 17.2 Å². The van der Waals surface area contributed by atoms with E-state index in [1.165, 1.54) is 24.2 Å². The van der Waals surface area contributed by atoms with Gasteiger partial charge in [0.05, 0.1) is 11.2 Å². The lowest BCUT2D eigenvalue weighted by Crippen LogP contribution is -2.38. The Hall–Kier alpha value is -1.96. The molecule has 29 heavy (non-hydrogen) atoms. The van der Waals surface area contributed by atoms with Crippen molar-refractivity contribution in [2.24, 2.45) is 0 Å². The molecule has 2 heterocycles. The average Bonchev–Trinajstić information content (AvgIpc) is 3.49. The summed E-state index contributed by atoms with van der Waals surface area (Å²) < 4.78 is 11.4. The zero-order valence-electron chi connectivity index (χ0n) is 16.9. The molecule has 0 unspecified atom stereocenters. The molecule has 6 nitrogen and oxygen atoms in total. The molecule has 4 rings (SSSR count). The molecule has 1 aromatic heterocycles. The second-order valence-electron chi connectivity index (χ2n) is 7.84. The molecule has 0 spiro atoms. The molecule has 1 aromatic carbocycles. The summed E-state index contributed by atoms with van der Waals surface area (Å²) >= 11 is 1.51. The zero-order valence-corrected chi connectivity index (χ0v) is 17.7. The Kier molecular flexibility index (Phi) is 6.79. The van der Waals surface area contributed by atoms with E-state index in [0.29, 0.717) is 30.0 Å². The molecule has 7 heteroatoms. The van der Waals surface area contributed by atoms with Gasteiger partial charge in [0.25, 0.3) is 5.91 Å². The number of nitrogens with one attached hydrogen (secondary N) is 1. The average molecular weight is 416 g/mol. The Morgan fingerprint density at radius 3 is 2.93 bits per heavy atom. The van der Waals surface area contributed by atoms with Gasteiger partial charge in [0.15, 0.2) is 0 Å². The van der Waals surface area contributed by atoms with Crippen molar-refractivity contribution in [1.82, 2.24) is 15.2 Å². The number of carbonyl (C=O) groups excluding carboxylic acids is 1. The predicted octanol–water partition coefficient (Wildman–Crippen LogP) is 3.44. The minimum atomic E-state index is -0.0567. The third kappa shape index (κ3) is 5.78. The number of hydrogen-bond donors (Lipinski definition) is 1. The van der Waals surface area contributed by atoms with Gasteiger partial charge in [0.1, 0.15) is 17.2 Å². The van der Waals surface area contributed by atoms with Crippen molar-refractivity contribution in [2.75, 3.05) is 33.4 Å². The Morgan fingerprint density at radius 2 is 2.14 bits per heavy atom. The Balaban J connectivity index is 1.22. The van der Waals surface area contributed by atoms with E-state index in [9.17, 15) is 4.79 Å². The van der Waals surface area contributed by atoms with Crippen LogP contribution in [-0.4, -0.2) is 55.2 Å². The number of carbonyl (C=O) groups is 1. The molecule has 0 bridgehead atoms. The van der Waals surface area contributed by atoms with Crippen molar-refractivity contribution < 1.29 is 14.3 Å². The lowest BCUT2D eigenvalue weighted by Gasteiger charge is -2.31. The van der Waals surface area contributed by atoms with Crippen molar-refractivity contribution in [1.29, 1.82) is 0 Å². The highest BCUT2D eigenvalue weighted by atomic mass is 32.1. The minimum absolute atomic E-state index is 0.0567. The number of rotatable bonds is 9. The number of nitrogens with zero attached hydrogens (tertiary/aromatic N) is 2. The molecule has 2 aromatic rings. The van der Waals surface area contributed by atoms with Gasteiger partial charge in [-0.05, 0) is 50.4 Å². The number of amides is 1. The number of benzene rings is 1. The molecule has 1 N–H and O–H groups in total. The summed E-state index contributed by atoms with van der Waals surface area (Å²) in [6.07, 6.45) is 6.28. The van der Waals surface area contributed by atoms with Crippen LogP contribution in [0.2, 0.25) is 0 Å². The van der Waals surface area contributed by atoms with Gasteiger partial charge in [0, 0.05) is 38.3 Å². The number of hydrogen-bond acceptors (Lipinski definition) is 6. The number of likely N-dealkylation sites (N-methyl/N-ethyl adjacent to an activating group) is 1. The van der Waals surface area contributed by atoms with Crippen LogP contribution in [0.1, 0.15) is 51.8 Å². The first-order valence-electron chi connectivity index (χ1n) is 10.4. The quantitative estimate of drug-likeness (QED) is 0.680. The van der Waals surface area contributed by atoms with Crippen LogP contribution in [0.25, 0.3) is 0 Å². The fraction of sp³-hybridized carbons (Fsp3) is 0.545. The van der Waals surface area contributed by atoms with E-state index in [0.717, 1.165) is 48.9 Å². The maximum Gasteiger partial charge on any atom is 0.263 e. The monoisotopic (exact) mass is 415 g/mol. The second-order valence-corrected chi connectivity index (χ2v) is 8.90. The van der Waals surface area contributed by atoms with Gasteiger partial charge in [-0.15, -0.1) is 11.3 Å². The van der Waals surface area contributed by atoms with Crippen LogP contribution in [-0.2, 0) is 11.3 Å².